The first-order valence-electron chi connectivity index (χ1n) is 14.2. The first kappa shape index (κ1) is 25.0. The van der Waals surface area contributed by atoms with Crippen LogP contribution >= 0.6 is 0 Å². The average molecular weight is 509 g/mol. The highest BCUT2D eigenvalue weighted by molar-refractivity contribution is 6.05. The summed E-state index contributed by atoms with van der Waals surface area (Å²) in [5, 5.41) is 5.86. The summed E-state index contributed by atoms with van der Waals surface area (Å²) < 4.78 is 0. The van der Waals surface area contributed by atoms with Crippen molar-refractivity contribution < 1.29 is 14.4 Å². The highest BCUT2D eigenvalue weighted by Gasteiger charge is 2.39. The van der Waals surface area contributed by atoms with E-state index in [0.717, 1.165) is 55.9 Å². The summed E-state index contributed by atoms with van der Waals surface area (Å²) >= 11 is 0. The minimum Gasteiger partial charge on any atom is -0.322 e. The molecule has 5 heterocycles. The van der Waals surface area contributed by atoms with Crippen molar-refractivity contribution in [3.63, 3.8) is 0 Å². The number of piperidine rings is 3. The summed E-state index contributed by atoms with van der Waals surface area (Å²) in [5.74, 6) is -0.699. The van der Waals surface area contributed by atoms with Crippen LogP contribution in [-0.2, 0) is 22.7 Å². The van der Waals surface area contributed by atoms with E-state index >= 15 is 0 Å². The average Bonchev–Trinajstić information content (AvgIpc) is 3.25. The number of rotatable bonds is 5. The van der Waals surface area contributed by atoms with E-state index in [4.69, 9.17) is 0 Å². The minimum atomic E-state index is -0.555. The maximum absolute atomic E-state index is 13.1. The number of nitrogens with one attached hydrogen (secondary N) is 2. The SMILES string of the molecule is O=C1CCC(N2Cc3ccc(CN4CCN(C5CCN(C6CCNCC6)CC5)CC4)cc3C2=O)C(=O)N1. The van der Waals surface area contributed by atoms with Gasteiger partial charge in [0, 0.05) is 63.3 Å². The van der Waals surface area contributed by atoms with Crippen molar-refractivity contribution in [2.75, 3.05) is 52.4 Å². The second-order valence-corrected chi connectivity index (χ2v) is 11.5. The smallest absolute Gasteiger partial charge is 0.255 e. The van der Waals surface area contributed by atoms with Crippen LogP contribution in [-0.4, -0.2) is 108 Å². The fourth-order valence-corrected chi connectivity index (χ4v) is 7.03. The van der Waals surface area contributed by atoms with Gasteiger partial charge in [0.1, 0.15) is 6.04 Å². The van der Waals surface area contributed by atoms with Crippen LogP contribution in [0.25, 0.3) is 0 Å². The highest BCUT2D eigenvalue weighted by Crippen LogP contribution is 2.29. The number of carbonyl (C=O) groups excluding carboxylic acids is 3. The number of likely N-dealkylation sites (tertiary alicyclic amines) is 1. The Balaban J connectivity index is 0.989. The molecule has 0 aliphatic carbocycles. The molecule has 0 saturated carbocycles. The minimum absolute atomic E-state index is 0.0907. The van der Waals surface area contributed by atoms with Crippen molar-refractivity contribution in [3.05, 3.63) is 34.9 Å². The highest BCUT2D eigenvalue weighted by atomic mass is 16.2. The second kappa shape index (κ2) is 10.8. The fourth-order valence-electron chi connectivity index (χ4n) is 7.03. The van der Waals surface area contributed by atoms with E-state index in [2.05, 4.69) is 31.4 Å². The Morgan fingerprint density at radius 2 is 1.51 bits per heavy atom. The molecule has 1 unspecified atom stereocenters. The van der Waals surface area contributed by atoms with Gasteiger partial charge in [-0.05, 0) is 75.5 Å². The van der Waals surface area contributed by atoms with Gasteiger partial charge in [0.2, 0.25) is 11.8 Å². The zero-order chi connectivity index (χ0) is 25.4. The molecule has 6 rings (SSSR count). The lowest BCUT2D eigenvalue weighted by Crippen LogP contribution is -2.54. The number of carbonyl (C=O) groups is 3. The molecule has 0 radical (unpaired) electrons. The molecule has 1 atom stereocenters. The lowest BCUT2D eigenvalue weighted by molar-refractivity contribution is -0.136. The molecule has 0 bridgehead atoms. The van der Waals surface area contributed by atoms with Crippen molar-refractivity contribution in [2.45, 2.75) is 69.7 Å². The van der Waals surface area contributed by atoms with E-state index in [1.807, 2.05) is 12.1 Å². The Bertz CT molecular complexity index is 1020. The molecule has 37 heavy (non-hydrogen) atoms. The number of fused-ring (bicyclic) bond motifs is 1. The lowest BCUT2D eigenvalue weighted by Gasteiger charge is -2.45. The maximum atomic E-state index is 13.1. The van der Waals surface area contributed by atoms with Crippen molar-refractivity contribution in [1.29, 1.82) is 0 Å². The second-order valence-electron chi connectivity index (χ2n) is 11.5. The zero-order valence-corrected chi connectivity index (χ0v) is 21.8. The molecular weight excluding hydrogens is 468 g/mol. The van der Waals surface area contributed by atoms with Crippen molar-refractivity contribution >= 4 is 17.7 Å². The predicted octanol–water partition coefficient (Wildman–Crippen LogP) is 0.782. The number of benzene rings is 1. The summed E-state index contributed by atoms with van der Waals surface area (Å²) in [5.41, 5.74) is 2.83. The molecule has 200 valence electrons. The molecule has 0 spiro atoms. The molecule has 1 aromatic carbocycles. The van der Waals surface area contributed by atoms with Crippen molar-refractivity contribution in [1.82, 2.24) is 30.2 Å². The molecule has 9 nitrogen and oxygen atoms in total. The van der Waals surface area contributed by atoms with Gasteiger partial charge >= 0.3 is 0 Å². The van der Waals surface area contributed by atoms with E-state index in [0.29, 0.717) is 18.5 Å². The van der Waals surface area contributed by atoms with Gasteiger partial charge in [0.25, 0.3) is 5.91 Å². The van der Waals surface area contributed by atoms with Gasteiger partial charge in [0.05, 0.1) is 0 Å². The van der Waals surface area contributed by atoms with Gasteiger partial charge in [0.15, 0.2) is 0 Å². The van der Waals surface area contributed by atoms with Gasteiger partial charge in [-0.25, -0.2) is 0 Å². The molecule has 5 aliphatic heterocycles. The summed E-state index contributed by atoms with van der Waals surface area (Å²) in [6, 6.07) is 7.14. The maximum Gasteiger partial charge on any atom is 0.255 e. The third kappa shape index (κ3) is 5.32. The van der Waals surface area contributed by atoms with Crippen LogP contribution in [0.2, 0.25) is 0 Å². The number of imide groups is 1. The molecule has 1 aromatic rings. The molecular formula is C28H40N6O3. The van der Waals surface area contributed by atoms with E-state index in [1.54, 1.807) is 4.90 Å². The topological polar surface area (TPSA) is 88.2 Å². The van der Waals surface area contributed by atoms with Crippen LogP contribution in [0, 0.1) is 0 Å². The van der Waals surface area contributed by atoms with Gasteiger partial charge in [-0.1, -0.05) is 12.1 Å². The largest absolute Gasteiger partial charge is 0.322 e. The molecule has 5 aliphatic rings. The quantitative estimate of drug-likeness (QED) is 0.569. The first-order valence-corrected chi connectivity index (χ1v) is 14.2. The molecule has 0 aromatic heterocycles. The summed E-state index contributed by atoms with van der Waals surface area (Å²) in [7, 11) is 0. The Labute approximate surface area is 219 Å². The van der Waals surface area contributed by atoms with Crippen LogP contribution < -0.4 is 10.6 Å². The van der Waals surface area contributed by atoms with Crippen LogP contribution in [0.1, 0.15) is 60.0 Å². The fraction of sp³-hybridized carbons (Fsp3) is 0.679. The molecule has 4 saturated heterocycles. The van der Waals surface area contributed by atoms with Crippen LogP contribution in [0.5, 0.6) is 0 Å². The predicted molar refractivity (Wildman–Crippen MR) is 140 cm³/mol. The lowest BCUT2D eigenvalue weighted by atomic mass is 9.97. The van der Waals surface area contributed by atoms with Gasteiger partial charge < -0.3 is 15.1 Å². The number of nitrogens with zero attached hydrogens (tertiary/aromatic N) is 4. The number of hydrogen-bond donors (Lipinski definition) is 2. The van der Waals surface area contributed by atoms with Crippen molar-refractivity contribution in [2.24, 2.45) is 0 Å². The van der Waals surface area contributed by atoms with Crippen molar-refractivity contribution in [3.8, 4) is 0 Å². The van der Waals surface area contributed by atoms with E-state index < -0.39 is 6.04 Å². The monoisotopic (exact) mass is 508 g/mol. The van der Waals surface area contributed by atoms with Crippen LogP contribution in [0.4, 0.5) is 0 Å². The first-order chi connectivity index (χ1) is 18.0. The third-order valence-corrected chi connectivity index (χ3v) is 9.25. The Hall–Kier alpha value is -2.33. The molecule has 4 fully saturated rings. The summed E-state index contributed by atoms with van der Waals surface area (Å²) in [6.45, 7) is 10.5. The zero-order valence-electron chi connectivity index (χ0n) is 21.8. The Morgan fingerprint density at radius 3 is 2.24 bits per heavy atom. The number of amides is 3. The molecule has 9 heteroatoms. The number of piperazine rings is 1. The van der Waals surface area contributed by atoms with Crippen LogP contribution in [0.15, 0.2) is 18.2 Å². The standard InChI is InChI=1S/C28H40N6O3/c35-26-4-3-25(27(36)30-26)34-19-21-2-1-20(17-24(21)28(34)37)18-31-13-15-33(16-14-31)23-7-11-32(12-8-23)22-5-9-29-10-6-22/h1-2,17,22-23,25,29H,3-16,18-19H2,(H,30,35,36). The summed E-state index contributed by atoms with van der Waals surface area (Å²) in [6.07, 6.45) is 5.87. The number of hydrogen-bond acceptors (Lipinski definition) is 7. The summed E-state index contributed by atoms with van der Waals surface area (Å²) in [4.78, 5) is 46.5. The van der Waals surface area contributed by atoms with Gasteiger partial charge in [-0.15, -0.1) is 0 Å². The van der Waals surface area contributed by atoms with Crippen LogP contribution in [0.3, 0.4) is 0 Å². The van der Waals surface area contributed by atoms with E-state index in [-0.39, 0.29) is 24.1 Å². The van der Waals surface area contributed by atoms with Gasteiger partial charge in [-0.3, -0.25) is 29.5 Å². The third-order valence-electron chi connectivity index (χ3n) is 9.25. The van der Waals surface area contributed by atoms with Gasteiger partial charge in [-0.2, -0.15) is 0 Å². The van der Waals surface area contributed by atoms with E-state index in [1.165, 1.54) is 51.9 Å². The Kier molecular flexibility index (Phi) is 7.29. The van der Waals surface area contributed by atoms with E-state index in [9.17, 15) is 14.4 Å². The molecule has 2 N–H and O–H groups in total. The Morgan fingerprint density at radius 1 is 0.811 bits per heavy atom. The normalized spacial score (nSPS) is 27.5. The molecule has 3 amide bonds.